The van der Waals surface area contributed by atoms with Gasteiger partial charge >= 0.3 is 24.3 Å². The van der Waals surface area contributed by atoms with Gasteiger partial charge in [0, 0.05) is 30.4 Å². The number of imidazole rings is 1. The first kappa shape index (κ1) is 39.6. The van der Waals surface area contributed by atoms with E-state index in [4.69, 9.17) is 45.4 Å². The summed E-state index contributed by atoms with van der Waals surface area (Å²) in [6.45, 7) is 6.31. The number of nitrogens with one attached hydrogen (secondary N) is 1. The van der Waals surface area contributed by atoms with Crippen molar-refractivity contribution in [1.29, 1.82) is 5.41 Å². The SMILES string of the molecule is CCOc1cc(OC(C)C)c(F)c(N(Cc2nc3ccccc3n2C)c2ccc(C(=N)N)cc2)c1.O=C(O)C(F)(F)F.O=C(O)C(F)(F)F. The van der Waals surface area contributed by atoms with Gasteiger partial charge in [-0.25, -0.2) is 19.0 Å². The molecule has 1 heterocycles. The first-order valence-corrected chi connectivity index (χ1v) is 14.0. The van der Waals surface area contributed by atoms with Gasteiger partial charge in [-0.1, -0.05) is 12.1 Å². The van der Waals surface area contributed by atoms with Crippen LogP contribution in [0.2, 0.25) is 0 Å². The summed E-state index contributed by atoms with van der Waals surface area (Å²) < 4.78 is 92.9. The Bertz CT molecular complexity index is 1730. The van der Waals surface area contributed by atoms with Crippen molar-refractivity contribution >= 4 is 40.2 Å². The number of alkyl halides is 6. The Hall–Kier alpha value is -5.55. The van der Waals surface area contributed by atoms with Crippen molar-refractivity contribution in [3.63, 3.8) is 0 Å². The zero-order valence-corrected chi connectivity index (χ0v) is 26.4. The van der Waals surface area contributed by atoms with E-state index in [9.17, 15) is 26.3 Å². The van der Waals surface area contributed by atoms with Gasteiger partial charge in [-0.05, 0) is 57.2 Å². The number of amidine groups is 1. The molecule has 4 aromatic rings. The number of hydrogen-bond acceptors (Lipinski definition) is 7. The molecule has 0 amide bonds. The van der Waals surface area contributed by atoms with Crippen LogP contribution in [0.4, 0.5) is 42.1 Å². The van der Waals surface area contributed by atoms with Crippen molar-refractivity contribution in [2.75, 3.05) is 11.5 Å². The van der Waals surface area contributed by atoms with E-state index in [0.717, 1.165) is 16.9 Å². The van der Waals surface area contributed by atoms with E-state index in [0.29, 0.717) is 29.3 Å². The van der Waals surface area contributed by atoms with Crippen LogP contribution >= 0.6 is 0 Å². The lowest BCUT2D eigenvalue weighted by Crippen LogP contribution is -2.21. The molecule has 0 bridgehead atoms. The summed E-state index contributed by atoms with van der Waals surface area (Å²) in [4.78, 5) is 24.4. The first-order chi connectivity index (χ1) is 22.7. The third kappa shape index (κ3) is 11.3. The smallest absolute Gasteiger partial charge is 0.490 e. The van der Waals surface area contributed by atoms with Crippen molar-refractivity contribution in [3.8, 4) is 11.5 Å². The number of aliphatic carboxylic acids is 2. The zero-order valence-electron chi connectivity index (χ0n) is 26.4. The van der Waals surface area contributed by atoms with Crippen LogP contribution in [0, 0.1) is 11.2 Å². The van der Waals surface area contributed by atoms with Crippen LogP contribution in [-0.4, -0.2) is 62.6 Å². The maximum atomic E-state index is 15.9. The van der Waals surface area contributed by atoms with E-state index in [1.165, 1.54) is 0 Å². The summed E-state index contributed by atoms with van der Waals surface area (Å²) in [6.07, 6.45) is -10.4. The van der Waals surface area contributed by atoms with E-state index in [2.05, 4.69) is 0 Å². The Kier molecular flexibility index (Phi) is 13.4. The molecule has 3 aromatic carbocycles. The lowest BCUT2D eigenvalue weighted by molar-refractivity contribution is -0.193. The number of aromatic nitrogens is 2. The molecule has 0 atom stereocenters. The number of ether oxygens (including phenoxy) is 2. The van der Waals surface area contributed by atoms with E-state index in [-0.39, 0.29) is 24.2 Å². The number of anilines is 2. The summed E-state index contributed by atoms with van der Waals surface area (Å²) in [5.74, 6) is -4.65. The first-order valence-electron chi connectivity index (χ1n) is 14.0. The van der Waals surface area contributed by atoms with Crippen molar-refractivity contribution in [3.05, 3.63) is 77.9 Å². The van der Waals surface area contributed by atoms with Gasteiger partial charge in [0.15, 0.2) is 11.6 Å². The lowest BCUT2D eigenvalue weighted by Gasteiger charge is -2.27. The van der Waals surface area contributed by atoms with Gasteiger partial charge in [0.05, 0.1) is 36.0 Å². The highest BCUT2D eigenvalue weighted by Gasteiger charge is 2.39. The molecule has 0 radical (unpaired) electrons. The topological polar surface area (TPSA) is 164 Å². The van der Waals surface area contributed by atoms with Gasteiger partial charge in [-0.2, -0.15) is 26.3 Å². The van der Waals surface area contributed by atoms with Gasteiger partial charge in [0.25, 0.3) is 0 Å². The van der Waals surface area contributed by atoms with E-state index in [1.54, 1.807) is 24.3 Å². The number of aryl methyl sites for hydroxylation is 1. The lowest BCUT2D eigenvalue weighted by atomic mass is 10.1. The molecule has 0 unspecified atom stereocenters. The Labute approximate surface area is 274 Å². The number of nitrogen functional groups attached to an aromatic ring is 1. The van der Waals surface area contributed by atoms with Gasteiger partial charge in [-0.3, -0.25) is 5.41 Å². The molecule has 5 N–H and O–H groups in total. The number of hydrogen-bond donors (Lipinski definition) is 4. The van der Waals surface area contributed by atoms with Crippen molar-refractivity contribution < 1.29 is 60.0 Å². The fourth-order valence-electron chi connectivity index (χ4n) is 3.96. The zero-order chi connectivity index (χ0) is 37.3. The number of nitrogens with two attached hydrogens (primary N) is 1. The third-order valence-corrected chi connectivity index (χ3v) is 6.11. The minimum absolute atomic E-state index is 0.0319. The number of carboxylic acid groups (broad SMARTS) is 2. The maximum absolute atomic E-state index is 15.9. The van der Waals surface area contributed by atoms with Crippen molar-refractivity contribution in [1.82, 2.24) is 9.55 Å². The highest BCUT2D eigenvalue weighted by atomic mass is 19.4. The average Bonchev–Trinajstić information content (AvgIpc) is 3.32. The fourth-order valence-corrected chi connectivity index (χ4v) is 3.96. The molecular formula is C31H32F7N5O6. The second kappa shape index (κ2) is 16.5. The van der Waals surface area contributed by atoms with Crippen LogP contribution in [-0.2, 0) is 23.2 Å². The number of carboxylic acids is 2. The number of benzene rings is 3. The molecule has 266 valence electrons. The molecule has 0 aliphatic rings. The molecule has 0 aliphatic carbocycles. The highest BCUT2D eigenvalue weighted by molar-refractivity contribution is 5.95. The number of nitrogens with zero attached hydrogens (tertiary/aromatic N) is 3. The molecule has 49 heavy (non-hydrogen) atoms. The maximum Gasteiger partial charge on any atom is 0.490 e. The Morgan fingerprint density at radius 3 is 1.96 bits per heavy atom. The van der Waals surface area contributed by atoms with Crippen LogP contribution < -0.4 is 20.1 Å². The molecule has 0 saturated heterocycles. The highest BCUT2D eigenvalue weighted by Crippen LogP contribution is 2.38. The van der Waals surface area contributed by atoms with Crippen molar-refractivity contribution in [2.24, 2.45) is 12.8 Å². The molecule has 1 aromatic heterocycles. The molecule has 0 fully saturated rings. The minimum atomic E-state index is -5.08. The largest absolute Gasteiger partial charge is 0.494 e. The molecule has 0 spiro atoms. The fraction of sp³-hybridized carbons (Fsp3) is 0.290. The molecule has 4 rings (SSSR count). The molecular weight excluding hydrogens is 671 g/mol. The predicted molar refractivity (Wildman–Crippen MR) is 165 cm³/mol. The summed E-state index contributed by atoms with van der Waals surface area (Å²) in [5.41, 5.74) is 9.10. The predicted octanol–water partition coefficient (Wildman–Crippen LogP) is 6.79. The third-order valence-electron chi connectivity index (χ3n) is 6.11. The van der Waals surface area contributed by atoms with Gasteiger partial charge in [0.2, 0.25) is 0 Å². The molecule has 0 saturated carbocycles. The Morgan fingerprint density at radius 2 is 1.51 bits per heavy atom. The van der Waals surface area contributed by atoms with E-state index < -0.39 is 30.1 Å². The normalized spacial score (nSPS) is 11.2. The quantitative estimate of drug-likeness (QED) is 0.0835. The van der Waals surface area contributed by atoms with E-state index >= 15 is 4.39 Å². The van der Waals surface area contributed by atoms with Crippen LogP contribution in [0.25, 0.3) is 11.0 Å². The molecule has 11 nitrogen and oxygen atoms in total. The standard InChI is InChI=1S/C27H30FN5O2.2C2HF3O2/c1-5-34-20-14-23(26(28)24(15-20)35-17(2)3)33(19-12-10-18(11-13-19)27(29)30)16-25-31-21-8-6-7-9-22(21)32(25)4;2*3-2(4,5)1(6)7/h6-15,17H,5,16H2,1-4H3,(H3,29,30);2*(H,6,7). The summed E-state index contributed by atoms with van der Waals surface area (Å²) in [5, 5.41) is 22.0. The second-order valence-electron chi connectivity index (χ2n) is 10.1. The van der Waals surface area contributed by atoms with Gasteiger partial charge < -0.3 is 34.9 Å². The molecule has 18 heteroatoms. The van der Waals surface area contributed by atoms with Crippen LogP contribution in [0.5, 0.6) is 11.5 Å². The van der Waals surface area contributed by atoms with E-state index in [1.807, 2.05) is 73.7 Å². The molecule has 0 aliphatic heterocycles. The number of carbonyl (C=O) groups is 2. The van der Waals surface area contributed by atoms with Crippen molar-refractivity contribution in [2.45, 2.75) is 45.8 Å². The van der Waals surface area contributed by atoms with Gasteiger partial charge in [-0.15, -0.1) is 0 Å². The van der Waals surface area contributed by atoms with Gasteiger partial charge in [0.1, 0.15) is 17.4 Å². The summed E-state index contributed by atoms with van der Waals surface area (Å²) in [6, 6.07) is 18.2. The Balaban J connectivity index is 0.000000500. The van der Waals surface area contributed by atoms with Crippen LogP contribution in [0.15, 0.2) is 60.7 Å². The average molecular weight is 704 g/mol. The second-order valence-corrected chi connectivity index (χ2v) is 10.1. The van der Waals surface area contributed by atoms with Crippen LogP contribution in [0.3, 0.4) is 0 Å². The monoisotopic (exact) mass is 703 g/mol. The summed E-state index contributed by atoms with van der Waals surface area (Å²) in [7, 11) is 1.95. The minimum Gasteiger partial charge on any atom is -0.494 e. The number of rotatable bonds is 9. The number of para-hydroxylation sites is 2. The number of halogens is 7. The van der Waals surface area contributed by atoms with Crippen LogP contribution in [0.1, 0.15) is 32.2 Å². The number of fused-ring (bicyclic) bond motifs is 1. The summed E-state index contributed by atoms with van der Waals surface area (Å²) >= 11 is 0. The Morgan fingerprint density at radius 1 is 0.980 bits per heavy atom.